The number of likely N-dealkylation sites (tertiary alicyclic amines) is 1. The third-order valence-corrected chi connectivity index (χ3v) is 5.78. The van der Waals surface area contributed by atoms with E-state index in [2.05, 4.69) is 22.1 Å². The summed E-state index contributed by atoms with van der Waals surface area (Å²) in [6.45, 7) is 4.05. The number of aromatic nitrogens is 2. The largest absolute Gasteiger partial charge is 0.492 e. The fourth-order valence-electron chi connectivity index (χ4n) is 3.73. The van der Waals surface area contributed by atoms with Crippen molar-refractivity contribution in [1.29, 1.82) is 0 Å². The molecular formula is C24H28ClN3O3. The first-order valence-corrected chi connectivity index (χ1v) is 11.0. The van der Waals surface area contributed by atoms with Crippen LogP contribution in [-0.2, 0) is 13.1 Å². The van der Waals surface area contributed by atoms with Crippen LogP contribution < -0.4 is 9.47 Å². The molecular weight excluding hydrogens is 414 g/mol. The Bertz CT molecular complexity index is 956. The minimum Gasteiger partial charge on any atom is -0.492 e. The maximum atomic E-state index is 10.9. The molecule has 0 amide bonds. The van der Waals surface area contributed by atoms with Gasteiger partial charge in [0.15, 0.2) is 0 Å². The molecule has 0 bridgehead atoms. The topological polar surface area (TPSA) is 59.8 Å². The predicted octanol–water partition coefficient (Wildman–Crippen LogP) is 4.02. The quantitative estimate of drug-likeness (QED) is 0.543. The Kier molecular flexibility index (Phi) is 7.12. The first-order chi connectivity index (χ1) is 15.1. The van der Waals surface area contributed by atoms with Gasteiger partial charge in [-0.2, -0.15) is 5.10 Å². The second-order valence-corrected chi connectivity index (χ2v) is 8.45. The van der Waals surface area contributed by atoms with E-state index in [0.29, 0.717) is 30.2 Å². The highest BCUT2D eigenvalue weighted by atomic mass is 35.5. The molecule has 2 aromatic carbocycles. The second kappa shape index (κ2) is 10.2. The lowest BCUT2D eigenvalue weighted by Gasteiger charge is -2.38. The van der Waals surface area contributed by atoms with Gasteiger partial charge in [0.05, 0.1) is 6.54 Å². The molecule has 1 fully saturated rings. The van der Waals surface area contributed by atoms with Crippen molar-refractivity contribution in [1.82, 2.24) is 14.7 Å². The summed E-state index contributed by atoms with van der Waals surface area (Å²) < 4.78 is 13.5. The van der Waals surface area contributed by atoms with Gasteiger partial charge in [0.25, 0.3) is 0 Å². The summed E-state index contributed by atoms with van der Waals surface area (Å²) in [5, 5.41) is 15.7. The summed E-state index contributed by atoms with van der Waals surface area (Å²) in [6, 6.07) is 17.4. The van der Waals surface area contributed by atoms with Crippen molar-refractivity contribution in [2.75, 3.05) is 26.3 Å². The van der Waals surface area contributed by atoms with Crippen LogP contribution in [0.1, 0.15) is 18.4 Å². The van der Waals surface area contributed by atoms with Gasteiger partial charge in [0.2, 0.25) is 0 Å². The molecule has 1 saturated heterocycles. The Balaban J connectivity index is 1.23. The van der Waals surface area contributed by atoms with Crippen molar-refractivity contribution >= 4 is 11.6 Å². The van der Waals surface area contributed by atoms with Gasteiger partial charge in [-0.1, -0.05) is 29.8 Å². The Morgan fingerprint density at radius 2 is 1.77 bits per heavy atom. The summed E-state index contributed by atoms with van der Waals surface area (Å²) >= 11 is 6.00. The summed E-state index contributed by atoms with van der Waals surface area (Å²) in [4.78, 5) is 2.36. The highest BCUT2D eigenvalue weighted by Gasteiger charge is 2.33. The Labute approximate surface area is 188 Å². The van der Waals surface area contributed by atoms with Crippen LogP contribution in [0.15, 0.2) is 67.0 Å². The smallest absolute Gasteiger partial charge is 0.120 e. The number of piperidine rings is 1. The fraction of sp³-hybridized carbons (Fsp3) is 0.375. The zero-order valence-electron chi connectivity index (χ0n) is 17.5. The highest BCUT2D eigenvalue weighted by Crippen LogP contribution is 2.26. The van der Waals surface area contributed by atoms with Crippen LogP contribution in [0.25, 0.3) is 0 Å². The number of hydrogen-bond acceptors (Lipinski definition) is 5. The van der Waals surface area contributed by atoms with Crippen molar-refractivity contribution in [3.63, 3.8) is 0 Å². The second-order valence-electron chi connectivity index (χ2n) is 8.01. The van der Waals surface area contributed by atoms with Gasteiger partial charge >= 0.3 is 0 Å². The monoisotopic (exact) mass is 441 g/mol. The van der Waals surface area contributed by atoms with Gasteiger partial charge < -0.3 is 14.6 Å². The van der Waals surface area contributed by atoms with Crippen molar-refractivity contribution < 1.29 is 14.6 Å². The van der Waals surface area contributed by atoms with Crippen LogP contribution in [0.4, 0.5) is 0 Å². The van der Waals surface area contributed by atoms with Crippen molar-refractivity contribution in [2.24, 2.45) is 0 Å². The Morgan fingerprint density at radius 1 is 1.00 bits per heavy atom. The molecule has 1 aromatic heterocycles. The van der Waals surface area contributed by atoms with E-state index >= 15 is 0 Å². The summed E-state index contributed by atoms with van der Waals surface area (Å²) in [7, 11) is 0. The van der Waals surface area contributed by atoms with E-state index in [1.807, 2.05) is 41.2 Å². The van der Waals surface area contributed by atoms with Crippen LogP contribution in [0.3, 0.4) is 0 Å². The van der Waals surface area contributed by atoms with E-state index in [-0.39, 0.29) is 6.61 Å². The molecule has 0 aliphatic carbocycles. The molecule has 31 heavy (non-hydrogen) atoms. The number of benzene rings is 2. The summed E-state index contributed by atoms with van der Waals surface area (Å²) in [5.41, 5.74) is 0.396. The first kappa shape index (κ1) is 21.7. The number of ether oxygens (including phenoxy) is 2. The first-order valence-electron chi connectivity index (χ1n) is 10.6. The fourth-order valence-corrected chi connectivity index (χ4v) is 3.91. The van der Waals surface area contributed by atoms with E-state index in [1.165, 1.54) is 5.56 Å². The van der Waals surface area contributed by atoms with E-state index in [4.69, 9.17) is 21.1 Å². The van der Waals surface area contributed by atoms with Crippen LogP contribution in [0, 0.1) is 0 Å². The number of rotatable bonds is 9. The Hall–Kier alpha value is -2.54. The normalized spacial score (nSPS) is 16.2. The number of hydrogen-bond donors (Lipinski definition) is 1. The number of halogens is 1. The lowest BCUT2D eigenvalue weighted by atomic mass is 9.92. The summed E-state index contributed by atoms with van der Waals surface area (Å²) in [5.74, 6) is 1.56. The molecule has 0 saturated carbocycles. The van der Waals surface area contributed by atoms with Crippen LogP contribution in [0.5, 0.6) is 11.5 Å². The average molecular weight is 442 g/mol. The van der Waals surface area contributed by atoms with Crippen molar-refractivity contribution in [2.45, 2.75) is 31.5 Å². The standard InChI is InChI=1S/C24H28ClN3O3/c25-21-5-2-7-23(17-21)31-19-24(29)8-12-27(13-9-24)18-20-4-1-6-22(16-20)30-15-14-28-11-3-10-26-28/h1-7,10-11,16-17,29H,8-9,12-15,18-19H2. The van der Waals surface area contributed by atoms with Crippen molar-refractivity contribution in [3.05, 3.63) is 77.6 Å². The van der Waals surface area contributed by atoms with Gasteiger partial charge in [0, 0.05) is 37.1 Å². The summed E-state index contributed by atoms with van der Waals surface area (Å²) in [6.07, 6.45) is 5.04. The Morgan fingerprint density at radius 3 is 2.52 bits per heavy atom. The SMILES string of the molecule is OC1(COc2cccc(Cl)c2)CCN(Cc2cccc(OCCn3cccn3)c2)CC1. The number of nitrogens with zero attached hydrogens (tertiary/aromatic N) is 3. The molecule has 0 radical (unpaired) electrons. The van der Waals surface area contributed by atoms with Crippen LogP contribution in [0.2, 0.25) is 5.02 Å². The van der Waals surface area contributed by atoms with Crippen molar-refractivity contribution in [3.8, 4) is 11.5 Å². The molecule has 0 atom stereocenters. The third kappa shape index (κ3) is 6.47. The maximum absolute atomic E-state index is 10.9. The lowest BCUT2D eigenvalue weighted by Crippen LogP contribution is -2.47. The molecule has 0 unspecified atom stereocenters. The van der Waals surface area contributed by atoms with Gasteiger partial charge in [-0.25, -0.2) is 0 Å². The molecule has 6 nitrogen and oxygen atoms in total. The van der Waals surface area contributed by atoms with E-state index in [1.54, 1.807) is 18.3 Å². The minimum atomic E-state index is -0.809. The van der Waals surface area contributed by atoms with Gasteiger partial charge in [0.1, 0.15) is 30.3 Å². The zero-order chi connectivity index (χ0) is 21.5. The molecule has 1 N–H and O–H groups in total. The molecule has 1 aliphatic heterocycles. The van der Waals surface area contributed by atoms with Gasteiger partial charge in [-0.15, -0.1) is 0 Å². The molecule has 0 spiro atoms. The predicted molar refractivity (Wildman–Crippen MR) is 121 cm³/mol. The maximum Gasteiger partial charge on any atom is 0.120 e. The molecule has 4 rings (SSSR count). The number of aliphatic hydroxyl groups is 1. The highest BCUT2D eigenvalue weighted by molar-refractivity contribution is 6.30. The molecule has 2 heterocycles. The van der Waals surface area contributed by atoms with Gasteiger partial charge in [-0.3, -0.25) is 9.58 Å². The molecule has 7 heteroatoms. The zero-order valence-corrected chi connectivity index (χ0v) is 18.2. The van der Waals surface area contributed by atoms with E-state index in [9.17, 15) is 5.11 Å². The molecule has 1 aliphatic rings. The van der Waals surface area contributed by atoms with E-state index in [0.717, 1.165) is 31.9 Å². The van der Waals surface area contributed by atoms with Gasteiger partial charge in [-0.05, 0) is 54.8 Å². The molecule has 3 aromatic rings. The van der Waals surface area contributed by atoms with Crippen LogP contribution >= 0.6 is 11.6 Å². The third-order valence-electron chi connectivity index (χ3n) is 5.54. The van der Waals surface area contributed by atoms with E-state index < -0.39 is 5.60 Å². The minimum absolute atomic E-state index is 0.279. The molecule has 164 valence electrons. The lowest BCUT2D eigenvalue weighted by molar-refractivity contribution is -0.0537. The van der Waals surface area contributed by atoms with Crippen LogP contribution in [-0.4, -0.2) is 51.7 Å². The average Bonchev–Trinajstić information content (AvgIpc) is 3.28.